The van der Waals surface area contributed by atoms with Crippen LogP contribution in [0.25, 0.3) is 0 Å². The molecule has 6 nitrogen and oxygen atoms in total. The van der Waals surface area contributed by atoms with Crippen LogP contribution in [0.1, 0.15) is 277 Å². The quantitative estimate of drug-likeness (QED) is 0.0322. The summed E-state index contributed by atoms with van der Waals surface area (Å²) < 4.78 is 5.44. The molecule has 6 heteroatoms. The lowest BCUT2D eigenvalue weighted by Crippen LogP contribution is -2.45. The molecule has 0 aromatic heterocycles. The number of rotatable bonds is 49. The van der Waals surface area contributed by atoms with Crippen molar-refractivity contribution in [3.63, 3.8) is 0 Å². The largest absolute Gasteiger partial charge is 0.466 e. The summed E-state index contributed by atoms with van der Waals surface area (Å²) in [6, 6.07) is -0.547. The highest BCUT2D eigenvalue weighted by molar-refractivity contribution is 5.76. The zero-order valence-electron chi connectivity index (χ0n) is 40.6. The van der Waals surface area contributed by atoms with E-state index in [1.165, 1.54) is 186 Å². The Hall–Kier alpha value is -1.92. The third-order valence-corrected chi connectivity index (χ3v) is 12.2. The van der Waals surface area contributed by atoms with E-state index in [0.29, 0.717) is 25.9 Å². The molecule has 61 heavy (non-hydrogen) atoms. The normalized spacial score (nSPS) is 12.9. The maximum Gasteiger partial charge on any atom is 0.305 e. The number of unbranched alkanes of at least 4 members (excludes halogenated alkanes) is 32. The first kappa shape index (κ1) is 59.1. The molecule has 1 amide bonds. The average Bonchev–Trinajstić information content (AvgIpc) is 3.26. The van der Waals surface area contributed by atoms with Gasteiger partial charge in [-0.25, -0.2) is 0 Å². The van der Waals surface area contributed by atoms with E-state index in [1.807, 2.05) is 0 Å². The van der Waals surface area contributed by atoms with Crippen molar-refractivity contribution in [2.24, 2.45) is 0 Å². The highest BCUT2D eigenvalue weighted by atomic mass is 16.5. The minimum atomic E-state index is -0.669. The smallest absolute Gasteiger partial charge is 0.305 e. The van der Waals surface area contributed by atoms with Gasteiger partial charge in [0.1, 0.15) is 0 Å². The van der Waals surface area contributed by atoms with Gasteiger partial charge >= 0.3 is 5.97 Å². The first-order chi connectivity index (χ1) is 30.0. The number of hydrogen-bond donors (Lipinski definition) is 3. The fourth-order valence-electron chi connectivity index (χ4n) is 8.00. The van der Waals surface area contributed by atoms with Gasteiger partial charge in [-0.1, -0.05) is 224 Å². The van der Waals surface area contributed by atoms with E-state index in [0.717, 1.165) is 57.8 Å². The van der Waals surface area contributed by atoms with Crippen LogP contribution in [0.3, 0.4) is 0 Å². The number of allylic oxidation sites excluding steroid dienone is 6. The van der Waals surface area contributed by atoms with Crippen LogP contribution in [0, 0.1) is 0 Å². The first-order valence-electron chi connectivity index (χ1n) is 26.7. The topological polar surface area (TPSA) is 95.9 Å². The molecular formula is C55H103NO5. The average molecular weight is 858 g/mol. The van der Waals surface area contributed by atoms with Gasteiger partial charge in [-0.15, -0.1) is 0 Å². The van der Waals surface area contributed by atoms with Crippen molar-refractivity contribution in [1.29, 1.82) is 0 Å². The van der Waals surface area contributed by atoms with Crippen molar-refractivity contribution in [3.05, 3.63) is 36.5 Å². The molecule has 2 unspecified atom stereocenters. The van der Waals surface area contributed by atoms with E-state index in [4.69, 9.17) is 4.74 Å². The van der Waals surface area contributed by atoms with Crippen LogP contribution in [-0.4, -0.2) is 47.4 Å². The molecule has 0 fully saturated rings. The number of carbonyl (C=O) groups is 2. The van der Waals surface area contributed by atoms with Crippen LogP contribution in [0.5, 0.6) is 0 Å². The van der Waals surface area contributed by atoms with Gasteiger partial charge in [0.05, 0.1) is 25.4 Å². The van der Waals surface area contributed by atoms with Gasteiger partial charge in [0.15, 0.2) is 0 Å². The lowest BCUT2D eigenvalue weighted by molar-refractivity contribution is -0.143. The third kappa shape index (κ3) is 47.4. The molecule has 3 N–H and O–H groups in total. The van der Waals surface area contributed by atoms with Crippen molar-refractivity contribution < 1.29 is 24.5 Å². The number of aliphatic hydroxyl groups excluding tert-OH is 2. The molecule has 0 rings (SSSR count). The minimum absolute atomic E-state index is 0.00473. The number of carbonyl (C=O) groups excluding carboxylic acids is 2. The van der Waals surface area contributed by atoms with Crippen LogP contribution in [0.2, 0.25) is 0 Å². The molecule has 0 radical (unpaired) electrons. The molecule has 0 aromatic rings. The fraction of sp³-hybridized carbons (Fsp3) is 0.855. The van der Waals surface area contributed by atoms with Gasteiger partial charge in [-0.2, -0.15) is 0 Å². The fourth-order valence-corrected chi connectivity index (χ4v) is 8.00. The molecule has 0 heterocycles. The predicted molar refractivity (Wildman–Crippen MR) is 264 cm³/mol. The van der Waals surface area contributed by atoms with Crippen molar-refractivity contribution in [2.45, 2.75) is 289 Å². The summed E-state index contributed by atoms with van der Waals surface area (Å²) in [5, 5.41) is 23.1. The van der Waals surface area contributed by atoms with Gasteiger partial charge in [-0.05, 0) is 77.0 Å². The van der Waals surface area contributed by atoms with Gasteiger partial charge < -0.3 is 20.3 Å². The molecule has 0 aliphatic rings. The van der Waals surface area contributed by atoms with E-state index in [9.17, 15) is 19.8 Å². The maximum atomic E-state index is 12.4. The van der Waals surface area contributed by atoms with Gasteiger partial charge in [-0.3, -0.25) is 9.59 Å². The SMILES string of the molecule is CCCC/C=C\CCCCCCCC(=O)OCCCCCCCCCCC/C=C\C/C=C\CCCCCCCCCC(=O)NC(CO)C(O)CCCCCCCCCCCC. The second kappa shape index (κ2) is 50.7. The zero-order valence-corrected chi connectivity index (χ0v) is 40.6. The summed E-state index contributed by atoms with van der Waals surface area (Å²) in [5.41, 5.74) is 0. The third-order valence-electron chi connectivity index (χ3n) is 12.2. The van der Waals surface area contributed by atoms with Crippen molar-refractivity contribution >= 4 is 11.9 Å². The lowest BCUT2D eigenvalue weighted by atomic mass is 10.0. The lowest BCUT2D eigenvalue weighted by Gasteiger charge is -2.22. The summed E-state index contributed by atoms with van der Waals surface area (Å²) >= 11 is 0. The van der Waals surface area contributed by atoms with Crippen molar-refractivity contribution in [1.82, 2.24) is 5.32 Å². The number of hydrogen-bond acceptors (Lipinski definition) is 5. The summed E-state index contributed by atoms with van der Waals surface area (Å²) in [7, 11) is 0. The molecule has 0 spiro atoms. The summed E-state index contributed by atoms with van der Waals surface area (Å²) in [6.45, 7) is 4.88. The highest BCUT2D eigenvalue weighted by Crippen LogP contribution is 2.16. The van der Waals surface area contributed by atoms with Crippen molar-refractivity contribution in [2.75, 3.05) is 13.2 Å². The molecule has 0 aliphatic carbocycles. The Kier molecular flexibility index (Phi) is 49.1. The monoisotopic (exact) mass is 858 g/mol. The molecule has 2 atom stereocenters. The molecule has 0 saturated heterocycles. The zero-order chi connectivity index (χ0) is 44.4. The standard InChI is InChI=1S/C55H103NO5/c1-3-5-7-9-11-13-28-33-37-41-45-49-55(60)61-50-46-42-38-34-30-27-25-23-21-19-17-15-16-18-20-22-24-26-29-32-36-40-44-48-54(59)56-52(51-57)53(58)47-43-39-35-31-14-12-10-8-6-4-2/h9,11,15,17-18,20,52-53,57-58H,3-8,10,12-14,16,19,21-51H2,1-2H3,(H,56,59)/b11-9-,17-15-,20-18-. The molecular weight excluding hydrogens is 755 g/mol. The van der Waals surface area contributed by atoms with E-state index in [-0.39, 0.29) is 18.5 Å². The number of aliphatic hydroxyl groups is 2. The maximum absolute atomic E-state index is 12.4. The second-order valence-electron chi connectivity index (χ2n) is 18.2. The highest BCUT2D eigenvalue weighted by Gasteiger charge is 2.20. The Morgan fingerprint density at radius 3 is 1.31 bits per heavy atom. The number of ether oxygens (including phenoxy) is 1. The molecule has 0 aromatic carbocycles. The second-order valence-corrected chi connectivity index (χ2v) is 18.2. The molecule has 0 saturated carbocycles. The Morgan fingerprint density at radius 2 is 0.836 bits per heavy atom. The van der Waals surface area contributed by atoms with Crippen LogP contribution in [-0.2, 0) is 14.3 Å². The van der Waals surface area contributed by atoms with Crippen LogP contribution >= 0.6 is 0 Å². The minimum Gasteiger partial charge on any atom is -0.466 e. The molecule has 0 aliphatic heterocycles. The Morgan fingerprint density at radius 1 is 0.459 bits per heavy atom. The van der Waals surface area contributed by atoms with Crippen LogP contribution in [0.15, 0.2) is 36.5 Å². The van der Waals surface area contributed by atoms with Crippen LogP contribution in [0.4, 0.5) is 0 Å². The summed E-state index contributed by atoms with van der Waals surface area (Å²) in [6.07, 6.45) is 61.3. The van der Waals surface area contributed by atoms with E-state index in [1.54, 1.807) is 0 Å². The summed E-state index contributed by atoms with van der Waals surface area (Å²) in [4.78, 5) is 24.4. The Bertz CT molecular complexity index is 993. The van der Waals surface area contributed by atoms with Gasteiger partial charge in [0.25, 0.3) is 0 Å². The predicted octanol–water partition coefficient (Wildman–Crippen LogP) is 16.1. The summed E-state index contributed by atoms with van der Waals surface area (Å²) in [5.74, 6) is -0.0525. The number of esters is 1. The van der Waals surface area contributed by atoms with Crippen molar-refractivity contribution in [3.8, 4) is 0 Å². The first-order valence-corrected chi connectivity index (χ1v) is 26.7. The van der Waals surface area contributed by atoms with E-state index >= 15 is 0 Å². The Labute approximate surface area is 379 Å². The molecule has 358 valence electrons. The van der Waals surface area contributed by atoms with Gasteiger partial charge in [0, 0.05) is 12.8 Å². The molecule has 0 bridgehead atoms. The van der Waals surface area contributed by atoms with Crippen LogP contribution < -0.4 is 5.32 Å². The van der Waals surface area contributed by atoms with E-state index in [2.05, 4.69) is 55.6 Å². The van der Waals surface area contributed by atoms with Gasteiger partial charge in [0.2, 0.25) is 5.91 Å². The number of nitrogens with one attached hydrogen (secondary N) is 1. The number of amides is 1. The Balaban J connectivity index is 3.45. The van der Waals surface area contributed by atoms with E-state index < -0.39 is 12.1 Å².